The Morgan fingerprint density at radius 1 is 1.22 bits per heavy atom. The standard InChI is InChI=1S/C19H21ClN2O4S/c1-26-17-7-9-18(10-8-17)27(24,25)22-11-3-4-14(13-22)19(23)21-16-6-2-5-15(20)12-16/h2,5-10,12,14H,3-4,11,13H2,1H3,(H,21,23)/t14-/m1/s1. The zero-order valence-corrected chi connectivity index (χ0v) is 16.5. The van der Waals surface area contributed by atoms with E-state index in [0.29, 0.717) is 35.8 Å². The van der Waals surface area contributed by atoms with Gasteiger partial charge in [-0.1, -0.05) is 17.7 Å². The third kappa shape index (κ3) is 4.61. The van der Waals surface area contributed by atoms with Gasteiger partial charge in [0.05, 0.1) is 17.9 Å². The minimum Gasteiger partial charge on any atom is -0.497 e. The van der Waals surface area contributed by atoms with Crippen molar-refractivity contribution in [3.05, 3.63) is 53.6 Å². The van der Waals surface area contributed by atoms with Crippen LogP contribution in [0.15, 0.2) is 53.4 Å². The van der Waals surface area contributed by atoms with Gasteiger partial charge in [0, 0.05) is 23.8 Å². The van der Waals surface area contributed by atoms with Crippen LogP contribution in [0.5, 0.6) is 5.75 Å². The predicted molar refractivity (Wildman–Crippen MR) is 105 cm³/mol. The number of benzene rings is 2. The highest BCUT2D eigenvalue weighted by Gasteiger charge is 2.33. The second-order valence-corrected chi connectivity index (χ2v) is 8.75. The molecule has 2 aromatic rings. The molecule has 0 aliphatic carbocycles. The van der Waals surface area contributed by atoms with Crippen molar-refractivity contribution in [1.29, 1.82) is 0 Å². The number of nitrogens with zero attached hydrogens (tertiary/aromatic N) is 1. The molecule has 1 fully saturated rings. The highest BCUT2D eigenvalue weighted by Crippen LogP contribution is 2.26. The van der Waals surface area contributed by atoms with E-state index in [1.165, 1.54) is 23.5 Å². The van der Waals surface area contributed by atoms with Crippen molar-refractivity contribution < 1.29 is 17.9 Å². The Morgan fingerprint density at radius 2 is 1.96 bits per heavy atom. The quantitative estimate of drug-likeness (QED) is 0.822. The van der Waals surface area contributed by atoms with Crippen LogP contribution in [-0.4, -0.2) is 38.8 Å². The van der Waals surface area contributed by atoms with Crippen molar-refractivity contribution >= 4 is 33.2 Å². The molecule has 3 rings (SSSR count). The molecule has 1 heterocycles. The van der Waals surface area contributed by atoms with Gasteiger partial charge in [-0.3, -0.25) is 4.79 Å². The summed E-state index contributed by atoms with van der Waals surface area (Å²) in [4.78, 5) is 12.8. The summed E-state index contributed by atoms with van der Waals surface area (Å²) >= 11 is 5.94. The average Bonchev–Trinajstić information content (AvgIpc) is 2.68. The molecule has 6 nitrogen and oxygen atoms in total. The average molecular weight is 409 g/mol. The van der Waals surface area contributed by atoms with Crippen LogP contribution in [0.25, 0.3) is 0 Å². The van der Waals surface area contributed by atoms with Crippen molar-refractivity contribution in [3.63, 3.8) is 0 Å². The fourth-order valence-electron chi connectivity index (χ4n) is 3.08. The van der Waals surface area contributed by atoms with E-state index in [9.17, 15) is 13.2 Å². The van der Waals surface area contributed by atoms with Crippen LogP contribution in [0.4, 0.5) is 5.69 Å². The molecular weight excluding hydrogens is 388 g/mol. The lowest BCUT2D eigenvalue weighted by atomic mass is 9.99. The highest BCUT2D eigenvalue weighted by atomic mass is 35.5. The van der Waals surface area contributed by atoms with Crippen molar-refractivity contribution in [2.45, 2.75) is 17.7 Å². The number of halogens is 1. The second-order valence-electron chi connectivity index (χ2n) is 6.38. The van der Waals surface area contributed by atoms with Gasteiger partial charge in [0.1, 0.15) is 5.75 Å². The molecule has 27 heavy (non-hydrogen) atoms. The van der Waals surface area contributed by atoms with Gasteiger partial charge in [-0.2, -0.15) is 4.31 Å². The molecule has 1 aliphatic rings. The molecule has 8 heteroatoms. The summed E-state index contributed by atoms with van der Waals surface area (Å²) in [6.45, 7) is 0.552. The van der Waals surface area contributed by atoms with E-state index in [-0.39, 0.29) is 17.3 Å². The topological polar surface area (TPSA) is 75.7 Å². The summed E-state index contributed by atoms with van der Waals surface area (Å²) in [5.74, 6) is -0.0241. The number of rotatable bonds is 5. The number of hydrogen-bond acceptors (Lipinski definition) is 4. The first-order chi connectivity index (χ1) is 12.9. The molecule has 1 saturated heterocycles. The molecule has 1 atom stereocenters. The smallest absolute Gasteiger partial charge is 0.243 e. The predicted octanol–water partition coefficient (Wildman–Crippen LogP) is 3.39. The zero-order chi connectivity index (χ0) is 19.4. The monoisotopic (exact) mass is 408 g/mol. The summed E-state index contributed by atoms with van der Waals surface area (Å²) in [6, 6.07) is 13.1. The molecule has 0 spiro atoms. The van der Waals surface area contributed by atoms with Crippen molar-refractivity contribution in [2.75, 3.05) is 25.5 Å². The van der Waals surface area contributed by atoms with Crippen molar-refractivity contribution in [3.8, 4) is 5.75 Å². The molecule has 0 aromatic heterocycles. The van der Waals surface area contributed by atoms with E-state index < -0.39 is 15.9 Å². The van der Waals surface area contributed by atoms with Gasteiger partial charge >= 0.3 is 0 Å². The maximum atomic E-state index is 12.9. The van der Waals surface area contributed by atoms with Gasteiger partial charge in [0.2, 0.25) is 15.9 Å². The highest BCUT2D eigenvalue weighted by molar-refractivity contribution is 7.89. The Hall–Kier alpha value is -2.09. The van der Waals surface area contributed by atoms with E-state index in [4.69, 9.17) is 16.3 Å². The van der Waals surface area contributed by atoms with Gasteiger partial charge in [-0.05, 0) is 55.3 Å². The van der Waals surface area contributed by atoms with Gasteiger partial charge in [-0.25, -0.2) is 8.42 Å². The van der Waals surface area contributed by atoms with Gasteiger partial charge in [-0.15, -0.1) is 0 Å². The Bertz CT molecular complexity index is 916. The van der Waals surface area contributed by atoms with E-state index in [2.05, 4.69) is 5.32 Å². The third-order valence-electron chi connectivity index (χ3n) is 4.54. The number of hydrogen-bond donors (Lipinski definition) is 1. The molecule has 0 bridgehead atoms. The third-order valence-corrected chi connectivity index (χ3v) is 6.66. The lowest BCUT2D eigenvalue weighted by molar-refractivity contribution is -0.120. The summed E-state index contributed by atoms with van der Waals surface area (Å²) in [6.07, 6.45) is 1.27. The lowest BCUT2D eigenvalue weighted by Crippen LogP contribution is -2.43. The van der Waals surface area contributed by atoms with Crippen LogP contribution < -0.4 is 10.1 Å². The number of carbonyl (C=O) groups excluding carboxylic acids is 1. The Morgan fingerprint density at radius 3 is 2.63 bits per heavy atom. The Kier molecular flexibility index (Phi) is 6.04. The fraction of sp³-hybridized carbons (Fsp3) is 0.316. The lowest BCUT2D eigenvalue weighted by Gasteiger charge is -2.31. The maximum absolute atomic E-state index is 12.9. The molecule has 0 radical (unpaired) electrons. The molecule has 144 valence electrons. The van der Waals surface area contributed by atoms with Crippen LogP contribution in [0.2, 0.25) is 5.02 Å². The Balaban J connectivity index is 1.71. The molecule has 1 amide bonds. The van der Waals surface area contributed by atoms with Crippen molar-refractivity contribution in [1.82, 2.24) is 4.31 Å². The van der Waals surface area contributed by atoms with Crippen LogP contribution in [0.3, 0.4) is 0 Å². The number of sulfonamides is 1. The number of ether oxygens (including phenoxy) is 1. The van der Waals surface area contributed by atoms with Crippen LogP contribution in [-0.2, 0) is 14.8 Å². The summed E-state index contributed by atoms with van der Waals surface area (Å²) < 4.78 is 32.2. The molecule has 1 aliphatic heterocycles. The number of carbonyl (C=O) groups is 1. The normalized spacial score (nSPS) is 18.1. The molecule has 0 unspecified atom stereocenters. The first-order valence-electron chi connectivity index (χ1n) is 8.61. The maximum Gasteiger partial charge on any atom is 0.243 e. The molecule has 1 N–H and O–H groups in total. The number of amides is 1. The summed E-state index contributed by atoms with van der Waals surface area (Å²) in [5.41, 5.74) is 0.600. The minimum atomic E-state index is -3.66. The largest absolute Gasteiger partial charge is 0.497 e. The van der Waals surface area contributed by atoms with Gasteiger partial charge < -0.3 is 10.1 Å². The van der Waals surface area contributed by atoms with E-state index in [1.807, 2.05) is 0 Å². The first-order valence-corrected chi connectivity index (χ1v) is 10.4. The zero-order valence-electron chi connectivity index (χ0n) is 14.9. The van der Waals surface area contributed by atoms with E-state index in [0.717, 1.165) is 0 Å². The van der Waals surface area contributed by atoms with Crippen LogP contribution in [0, 0.1) is 5.92 Å². The van der Waals surface area contributed by atoms with E-state index >= 15 is 0 Å². The van der Waals surface area contributed by atoms with Crippen molar-refractivity contribution in [2.24, 2.45) is 5.92 Å². The second kappa shape index (κ2) is 8.29. The number of nitrogens with one attached hydrogen (secondary N) is 1. The number of methoxy groups -OCH3 is 1. The first kappa shape index (κ1) is 19.7. The summed E-state index contributed by atoms with van der Waals surface area (Å²) in [7, 11) is -2.13. The van der Waals surface area contributed by atoms with Crippen LogP contribution >= 0.6 is 11.6 Å². The minimum absolute atomic E-state index is 0.154. The number of anilines is 1. The Labute approximate surface area is 164 Å². The molecule has 2 aromatic carbocycles. The number of piperidine rings is 1. The van der Waals surface area contributed by atoms with Crippen LogP contribution in [0.1, 0.15) is 12.8 Å². The fourth-order valence-corrected chi connectivity index (χ4v) is 4.80. The molecular formula is C19H21ClN2O4S. The summed E-state index contributed by atoms with van der Waals surface area (Å²) in [5, 5.41) is 3.35. The van der Waals surface area contributed by atoms with E-state index in [1.54, 1.807) is 36.4 Å². The van der Waals surface area contributed by atoms with Gasteiger partial charge in [0.25, 0.3) is 0 Å². The molecule has 0 saturated carbocycles. The van der Waals surface area contributed by atoms with Gasteiger partial charge in [0.15, 0.2) is 0 Å². The SMILES string of the molecule is COc1ccc(S(=O)(=O)N2CCC[C@@H](C(=O)Nc3cccc(Cl)c3)C2)cc1.